The molecule has 0 aliphatic carbocycles. The second-order valence-corrected chi connectivity index (χ2v) is 6.44. The van der Waals surface area contributed by atoms with Crippen LogP contribution < -0.4 is 15.4 Å². The first-order chi connectivity index (χ1) is 13.5. The van der Waals surface area contributed by atoms with Crippen molar-refractivity contribution in [1.29, 1.82) is 0 Å². The number of methoxy groups -OCH3 is 1. The van der Waals surface area contributed by atoms with Gasteiger partial charge in [0.15, 0.2) is 5.11 Å². The number of nitrogens with zero attached hydrogens (tertiary/aromatic N) is 1. The van der Waals surface area contributed by atoms with Crippen LogP contribution in [0.2, 0.25) is 0 Å². The summed E-state index contributed by atoms with van der Waals surface area (Å²) in [5, 5.41) is 19.1. The van der Waals surface area contributed by atoms with Crippen molar-refractivity contribution in [1.82, 2.24) is 0 Å². The molecule has 0 saturated carbocycles. The van der Waals surface area contributed by atoms with E-state index < -0.39 is 4.92 Å². The number of benzene rings is 3. The van der Waals surface area contributed by atoms with Crippen LogP contribution in [0.25, 0.3) is 21.9 Å². The molecule has 1 heterocycles. The maximum atomic E-state index is 10.9. The van der Waals surface area contributed by atoms with Crippen LogP contribution in [0.15, 0.2) is 65.1 Å². The minimum atomic E-state index is -0.458. The highest BCUT2D eigenvalue weighted by molar-refractivity contribution is 7.80. The monoisotopic (exact) mass is 393 g/mol. The SMILES string of the molecule is COc1cc2c(cc1NC(=S)Nc1cccc([N+](=O)[O-])c1)oc1ccccc12. The molecule has 4 rings (SSSR count). The van der Waals surface area contributed by atoms with Gasteiger partial charge in [0.2, 0.25) is 0 Å². The molecule has 0 saturated heterocycles. The predicted molar refractivity (Wildman–Crippen MR) is 113 cm³/mol. The van der Waals surface area contributed by atoms with Crippen LogP contribution in [0.3, 0.4) is 0 Å². The van der Waals surface area contributed by atoms with Crippen molar-refractivity contribution in [3.8, 4) is 5.75 Å². The van der Waals surface area contributed by atoms with Gasteiger partial charge in [0.1, 0.15) is 16.9 Å². The van der Waals surface area contributed by atoms with Crippen LogP contribution >= 0.6 is 12.2 Å². The molecule has 3 aromatic carbocycles. The third kappa shape index (κ3) is 3.33. The Morgan fingerprint density at radius 3 is 2.64 bits per heavy atom. The van der Waals surface area contributed by atoms with E-state index in [9.17, 15) is 10.1 Å². The molecule has 4 aromatic rings. The Kier molecular flexibility index (Phi) is 4.54. The zero-order valence-corrected chi connectivity index (χ0v) is 15.6. The molecule has 0 aliphatic heterocycles. The van der Waals surface area contributed by atoms with Gasteiger partial charge in [0.25, 0.3) is 5.69 Å². The van der Waals surface area contributed by atoms with E-state index in [0.717, 1.165) is 16.4 Å². The normalized spacial score (nSPS) is 10.8. The van der Waals surface area contributed by atoms with E-state index in [1.54, 1.807) is 19.2 Å². The summed E-state index contributed by atoms with van der Waals surface area (Å²) in [4.78, 5) is 10.5. The van der Waals surface area contributed by atoms with Gasteiger partial charge < -0.3 is 19.8 Å². The van der Waals surface area contributed by atoms with E-state index in [4.69, 9.17) is 21.4 Å². The average Bonchev–Trinajstić information content (AvgIpc) is 3.04. The van der Waals surface area contributed by atoms with Crippen molar-refractivity contribution in [2.45, 2.75) is 0 Å². The Labute approximate surface area is 165 Å². The zero-order chi connectivity index (χ0) is 19.7. The van der Waals surface area contributed by atoms with E-state index in [1.807, 2.05) is 36.4 Å². The van der Waals surface area contributed by atoms with Crippen molar-refractivity contribution in [3.63, 3.8) is 0 Å². The second-order valence-electron chi connectivity index (χ2n) is 6.03. The number of para-hydroxylation sites is 1. The molecule has 0 bridgehead atoms. The summed E-state index contributed by atoms with van der Waals surface area (Å²) < 4.78 is 11.4. The largest absolute Gasteiger partial charge is 0.495 e. The number of hydrogen-bond donors (Lipinski definition) is 2. The first kappa shape index (κ1) is 17.7. The van der Waals surface area contributed by atoms with E-state index in [-0.39, 0.29) is 10.8 Å². The third-order valence-electron chi connectivity index (χ3n) is 4.26. The first-order valence-electron chi connectivity index (χ1n) is 8.37. The summed E-state index contributed by atoms with van der Waals surface area (Å²) in [5.41, 5.74) is 2.60. The molecular formula is C20H15N3O4S. The van der Waals surface area contributed by atoms with Crippen molar-refractivity contribution in [2.75, 3.05) is 17.7 Å². The Morgan fingerprint density at radius 1 is 1.04 bits per heavy atom. The van der Waals surface area contributed by atoms with Crippen molar-refractivity contribution in [3.05, 3.63) is 70.8 Å². The average molecular weight is 393 g/mol. The van der Waals surface area contributed by atoms with Crippen LogP contribution in [0.5, 0.6) is 5.75 Å². The molecule has 1 aromatic heterocycles. The topological polar surface area (TPSA) is 89.6 Å². The van der Waals surface area contributed by atoms with Gasteiger partial charge in [-0.1, -0.05) is 24.3 Å². The fourth-order valence-electron chi connectivity index (χ4n) is 3.00. The summed E-state index contributed by atoms with van der Waals surface area (Å²) >= 11 is 5.34. The van der Waals surface area contributed by atoms with Crippen LogP contribution in [-0.2, 0) is 0 Å². The number of nitro benzene ring substituents is 1. The van der Waals surface area contributed by atoms with E-state index in [1.165, 1.54) is 12.1 Å². The number of nitrogens with one attached hydrogen (secondary N) is 2. The lowest BCUT2D eigenvalue weighted by molar-refractivity contribution is -0.384. The van der Waals surface area contributed by atoms with Gasteiger partial charge in [-0.3, -0.25) is 10.1 Å². The van der Waals surface area contributed by atoms with Crippen LogP contribution in [0.4, 0.5) is 17.1 Å². The summed E-state index contributed by atoms with van der Waals surface area (Å²) in [7, 11) is 1.58. The smallest absolute Gasteiger partial charge is 0.271 e. The molecule has 8 heteroatoms. The van der Waals surface area contributed by atoms with Crippen LogP contribution in [0, 0.1) is 10.1 Å². The summed E-state index contributed by atoms with van der Waals surface area (Å²) in [6, 6.07) is 17.6. The van der Waals surface area contributed by atoms with Gasteiger partial charge in [-0.2, -0.15) is 0 Å². The summed E-state index contributed by atoms with van der Waals surface area (Å²) in [6.07, 6.45) is 0. The Bertz CT molecular complexity index is 1220. The molecule has 140 valence electrons. The number of non-ortho nitro benzene ring substituents is 1. The number of anilines is 2. The van der Waals surface area contributed by atoms with Crippen molar-refractivity contribution in [2.24, 2.45) is 0 Å². The Hall–Kier alpha value is -3.65. The van der Waals surface area contributed by atoms with Crippen LogP contribution in [-0.4, -0.2) is 17.1 Å². The highest BCUT2D eigenvalue weighted by Crippen LogP contribution is 2.36. The fourth-order valence-corrected chi connectivity index (χ4v) is 3.23. The van der Waals surface area contributed by atoms with Gasteiger partial charge in [-0.15, -0.1) is 0 Å². The van der Waals surface area contributed by atoms with E-state index in [0.29, 0.717) is 22.7 Å². The molecule has 0 amide bonds. The number of rotatable bonds is 4. The van der Waals surface area contributed by atoms with Crippen molar-refractivity contribution >= 4 is 56.3 Å². The summed E-state index contributed by atoms with van der Waals surface area (Å²) in [5.74, 6) is 0.599. The Morgan fingerprint density at radius 2 is 1.86 bits per heavy atom. The first-order valence-corrected chi connectivity index (χ1v) is 8.78. The molecule has 28 heavy (non-hydrogen) atoms. The quantitative estimate of drug-likeness (QED) is 0.276. The maximum absolute atomic E-state index is 10.9. The number of fused-ring (bicyclic) bond motifs is 3. The third-order valence-corrected chi connectivity index (χ3v) is 4.47. The van der Waals surface area contributed by atoms with Gasteiger partial charge >= 0.3 is 0 Å². The lowest BCUT2D eigenvalue weighted by atomic mass is 10.1. The minimum absolute atomic E-state index is 0.0194. The van der Waals surface area contributed by atoms with Crippen LogP contribution in [0.1, 0.15) is 0 Å². The van der Waals surface area contributed by atoms with E-state index >= 15 is 0 Å². The number of thiocarbonyl (C=S) groups is 1. The molecule has 0 unspecified atom stereocenters. The molecule has 0 fully saturated rings. The molecule has 0 radical (unpaired) electrons. The fraction of sp³-hybridized carbons (Fsp3) is 0.0500. The standard InChI is InChI=1S/C20H15N3O4S/c1-26-19-10-15-14-7-2-3-8-17(14)27-18(15)11-16(19)22-20(28)21-12-5-4-6-13(9-12)23(24)25/h2-11H,1H3,(H2,21,22,28). The van der Waals surface area contributed by atoms with Gasteiger partial charge in [0.05, 0.1) is 17.7 Å². The molecule has 0 atom stereocenters. The van der Waals surface area contributed by atoms with Gasteiger partial charge in [-0.25, -0.2) is 0 Å². The maximum Gasteiger partial charge on any atom is 0.271 e. The molecule has 0 aliphatic rings. The molecule has 0 spiro atoms. The van der Waals surface area contributed by atoms with Crippen molar-refractivity contribution < 1.29 is 14.1 Å². The number of hydrogen-bond acceptors (Lipinski definition) is 5. The lowest BCUT2D eigenvalue weighted by Gasteiger charge is -2.13. The number of furan rings is 1. The number of ether oxygens (including phenoxy) is 1. The molecule has 7 nitrogen and oxygen atoms in total. The lowest BCUT2D eigenvalue weighted by Crippen LogP contribution is -2.19. The zero-order valence-electron chi connectivity index (χ0n) is 14.8. The highest BCUT2D eigenvalue weighted by atomic mass is 32.1. The molecular weight excluding hydrogens is 378 g/mol. The minimum Gasteiger partial charge on any atom is -0.495 e. The Balaban J connectivity index is 1.63. The second kappa shape index (κ2) is 7.16. The number of nitro groups is 1. The highest BCUT2D eigenvalue weighted by Gasteiger charge is 2.13. The van der Waals surface area contributed by atoms with E-state index in [2.05, 4.69) is 10.6 Å². The van der Waals surface area contributed by atoms with Gasteiger partial charge in [0, 0.05) is 34.7 Å². The summed E-state index contributed by atoms with van der Waals surface area (Å²) in [6.45, 7) is 0. The predicted octanol–water partition coefficient (Wildman–Crippen LogP) is 5.31. The van der Waals surface area contributed by atoms with Gasteiger partial charge in [-0.05, 0) is 30.4 Å². The molecule has 2 N–H and O–H groups in total.